The van der Waals surface area contributed by atoms with Crippen LogP contribution in [-0.2, 0) is 14.3 Å². The number of hydrogen-bond donors (Lipinski definition) is 1. The van der Waals surface area contributed by atoms with E-state index in [1.807, 2.05) is 42.5 Å². The molecule has 25 heavy (non-hydrogen) atoms. The minimum atomic E-state index is -0.428. The average molecular weight is 340 g/mol. The van der Waals surface area contributed by atoms with Gasteiger partial charge in [0.05, 0.1) is 24.5 Å². The molecule has 0 radical (unpaired) electrons. The Labute approximate surface area is 146 Å². The molecule has 0 saturated carbocycles. The Kier molecular flexibility index (Phi) is 5.25. The number of carbonyl (C=O) groups is 1. The molecule has 1 unspecified atom stereocenters. The number of nitrogens with one attached hydrogen (secondary N) is 1. The average Bonchev–Trinajstić information content (AvgIpc) is 3.09. The Balaban J connectivity index is 2.03. The SMILES string of the molecule is CCOC(=O)C1=C(COC)Nc2ncnn2C1C=Cc1ccccc1. The number of esters is 1. The second-order valence-corrected chi connectivity index (χ2v) is 5.41. The van der Waals surface area contributed by atoms with Gasteiger partial charge in [-0.15, -0.1) is 0 Å². The van der Waals surface area contributed by atoms with Crippen molar-refractivity contribution in [1.29, 1.82) is 0 Å². The Morgan fingerprint density at radius 2 is 2.16 bits per heavy atom. The number of allylic oxidation sites excluding steroid dienone is 1. The van der Waals surface area contributed by atoms with Gasteiger partial charge >= 0.3 is 5.97 Å². The van der Waals surface area contributed by atoms with Gasteiger partial charge in [0.2, 0.25) is 5.95 Å². The lowest BCUT2D eigenvalue weighted by Crippen LogP contribution is -2.30. The van der Waals surface area contributed by atoms with E-state index in [1.165, 1.54) is 6.33 Å². The normalized spacial score (nSPS) is 16.6. The quantitative estimate of drug-likeness (QED) is 0.814. The highest BCUT2D eigenvalue weighted by atomic mass is 16.5. The lowest BCUT2D eigenvalue weighted by molar-refractivity contribution is -0.139. The molecule has 1 aliphatic rings. The van der Waals surface area contributed by atoms with Crippen LogP contribution in [0.4, 0.5) is 5.95 Å². The van der Waals surface area contributed by atoms with Gasteiger partial charge in [-0.25, -0.2) is 9.48 Å². The molecule has 0 spiro atoms. The van der Waals surface area contributed by atoms with Gasteiger partial charge in [0, 0.05) is 7.11 Å². The summed E-state index contributed by atoms with van der Waals surface area (Å²) in [5.41, 5.74) is 2.12. The van der Waals surface area contributed by atoms with Gasteiger partial charge in [0.1, 0.15) is 12.4 Å². The van der Waals surface area contributed by atoms with E-state index >= 15 is 0 Å². The van der Waals surface area contributed by atoms with Crippen LogP contribution in [0.2, 0.25) is 0 Å². The summed E-state index contributed by atoms with van der Waals surface area (Å²) in [4.78, 5) is 16.8. The van der Waals surface area contributed by atoms with Crippen molar-refractivity contribution in [2.75, 3.05) is 25.6 Å². The molecule has 130 valence electrons. The summed E-state index contributed by atoms with van der Waals surface area (Å²) in [5, 5.41) is 7.35. The molecule has 7 nitrogen and oxygen atoms in total. The van der Waals surface area contributed by atoms with E-state index < -0.39 is 12.0 Å². The number of aromatic nitrogens is 3. The lowest BCUT2D eigenvalue weighted by atomic mass is 10.0. The fourth-order valence-electron chi connectivity index (χ4n) is 2.70. The predicted octanol–water partition coefficient (Wildman–Crippen LogP) is 2.42. The molecule has 7 heteroatoms. The van der Waals surface area contributed by atoms with Crippen LogP contribution in [-0.4, -0.2) is 41.1 Å². The van der Waals surface area contributed by atoms with Gasteiger partial charge in [-0.1, -0.05) is 42.5 Å². The standard InChI is InChI=1S/C18H20N4O3/c1-3-25-17(23)16-14(11-24-2)21-18-19-12-20-22(18)15(16)10-9-13-7-5-4-6-8-13/h4-10,12,15H,3,11H2,1-2H3,(H,19,20,21). The van der Waals surface area contributed by atoms with Gasteiger partial charge in [-0.3, -0.25) is 0 Å². The van der Waals surface area contributed by atoms with E-state index in [-0.39, 0.29) is 6.61 Å². The van der Waals surface area contributed by atoms with Crippen LogP contribution >= 0.6 is 0 Å². The number of hydrogen-bond acceptors (Lipinski definition) is 6. The number of anilines is 1. The van der Waals surface area contributed by atoms with Crippen molar-refractivity contribution in [2.45, 2.75) is 13.0 Å². The van der Waals surface area contributed by atoms with E-state index in [4.69, 9.17) is 9.47 Å². The van der Waals surface area contributed by atoms with E-state index in [1.54, 1.807) is 18.7 Å². The largest absolute Gasteiger partial charge is 0.463 e. The third kappa shape index (κ3) is 3.61. The molecule has 3 rings (SSSR count). The first-order chi connectivity index (χ1) is 12.2. The van der Waals surface area contributed by atoms with Crippen molar-refractivity contribution >= 4 is 18.0 Å². The topological polar surface area (TPSA) is 78.3 Å². The Hall–Kier alpha value is -2.93. The first-order valence-electron chi connectivity index (χ1n) is 8.03. The number of fused-ring (bicyclic) bond motifs is 1. The predicted molar refractivity (Wildman–Crippen MR) is 93.7 cm³/mol. The maximum absolute atomic E-state index is 12.6. The van der Waals surface area contributed by atoms with E-state index in [2.05, 4.69) is 15.4 Å². The van der Waals surface area contributed by atoms with Crippen LogP contribution in [0.25, 0.3) is 6.08 Å². The van der Waals surface area contributed by atoms with Crippen LogP contribution < -0.4 is 5.32 Å². The van der Waals surface area contributed by atoms with E-state index in [9.17, 15) is 4.79 Å². The third-order valence-electron chi connectivity index (χ3n) is 3.77. The Morgan fingerprint density at radius 3 is 2.88 bits per heavy atom. The summed E-state index contributed by atoms with van der Waals surface area (Å²) in [6.45, 7) is 2.32. The first-order valence-corrected chi connectivity index (χ1v) is 8.03. The van der Waals surface area contributed by atoms with Crippen molar-refractivity contribution in [3.05, 3.63) is 59.6 Å². The monoisotopic (exact) mass is 340 g/mol. The number of rotatable bonds is 6. The second-order valence-electron chi connectivity index (χ2n) is 5.41. The number of carbonyl (C=O) groups excluding carboxylic acids is 1. The summed E-state index contributed by atoms with van der Waals surface area (Å²) in [5.74, 6) is 0.161. The summed E-state index contributed by atoms with van der Waals surface area (Å²) in [6.07, 6.45) is 5.31. The van der Waals surface area contributed by atoms with Crippen LogP contribution in [0, 0.1) is 0 Å². The molecule has 1 aromatic heterocycles. The molecule has 2 aromatic rings. The van der Waals surface area contributed by atoms with Crippen LogP contribution in [0.3, 0.4) is 0 Å². The molecule has 0 bridgehead atoms. The molecular weight excluding hydrogens is 320 g/mol. The zero-order chi connectivity index (χ0) is 17.6. The lowest BCUT2D eigenvalue weighted by Gasteiger charge is -2.27. The van der Waals surface area contributed by atoms with Gasteiger partial charge in [-0.2, -0.15) is 10.1 Å². The zero-order valence-electron chi connectivity index (χ0n) is 14.2. The molecule has 0 saturated heterocycles. The van der Waals surface area contributed by atoms with Crippen LogP contribution in [0.15, 0.2) is 54.0 Å². The molecular formula is C18H20N4O3. The maximum Gasteiger partial charge on any atom is 0.338 e. The number of nitrogens with zero attached hydrogens (tertiary/aromatic N) is 3. The van der Waals surface area contributed by atoms with Crippen molar-refractivity contribution in [2.24, 2.45) is 0 Å². The van der Waals surface area contributed by atoms with Gasteiger partial charge in [0.25, 0.3) is 0 Å². The maximum atomic E-state index is 12.6. The third-order valence-corrected chi connectivity index (χ3v) is 3.77. The molecule has 1 aromatic carbocycles. The fourth-order valence-corrected chi connectivity index (χ4v) is 2.70. The number of benzene rings is 1. The molecule has 0 amide bonds. The molecule has 2 heterocycles. The molecule has 1 N–H and O–H groups in total. The summed E-state index contributed by atoms with van der Waals surface area (Å²) < 4.78 is 12.1. The molecule has 0 fully saturated rings. The highest BCUT2D eigenvalue weighted by molar-refractivity contribution is 5.92. The van der Waals surface area contributed by atoms with Crippen LogP contribution in [0.5, 0.6) is 0 Å². The second kappa shape index (κ2) is 7.76. The Morgan fingerprint density at radius 1 is 1.36 bits per heavy atom. The van der Waals surface area contributed by atoms with Gasteiger partial charge in [0.15, 0.2) is 0 Å². The molecule has 1 atom stereocenters. The van der Waals surface area contributed by atoms with Crippen molar-refractivity contribution in [3.8, 4) is 0 Å². The minimum Gasteiger partial charge on any atom is -0.463 e. The minimum absolute atomic E-state index is 0.247. The number of methoxy groups -OCH3 is 1. The smallest absolute Gasteiger partial charge is 0.338 e. The summed E-state index contributed by atoms with van der Waals surface area (Å²) in [7, 11) is 1.58. The highest BCUT2D eigenvalue weighted by Gasteiger charge is 2.32. The molecule has 1 aliphatic heterocycles. The number of ether oxygens (including phenoxy) is 2. The first kappa shape index (κ1) is 16.9. The van der Waals surface area contributed by atoms with Crippen molar-refractivity contribution < 1.29 is 14.3 Å². The van der Waals surface area contributed by atoms with Crippen molar-refractivity contribution in [3.63, 3.8) is 0 Å². The summed E-state index contributed by atoms with van der Waals surface area (Å²) in [6, 6.07) is 9.43. The Bertz CT molecular complexity index is 796. The summed E-state index contributed by atoms with van der Waals surface area (Å²) >= 11 is 0. The van der Waals surface area contributed by atoms with E-state index in [0.29, 0.717) is 23.8 Å². The van der Waals surface area contributed by atoms with Crippen molar-refractivity contribution in [1.82, 2.24) is 14.8 Å². The zero-order valence-corrected chi connectivity index (χ0v) is 14.2. The van der Waals surface area contributed by atoms with Gasteiger partial charge < -0.3 is 14.8 Å². The fraction of sp³-hybridized carbons (Fsp3) is 0.278. The van der Waals surface area contributed by atoms with Crippen LogP contribution in [0.1, 0.15) is 18.5 Å². The molecule has 0 aliphatic carbocycles. The van der Waals surface area contributed by atoms with E-state index in [0.717, 1.165) is 5.56 Å². The van der Waals surface area contributed by atoms with Gasteiger partial charge in [-0.05, 0) is 12.5 Å². The highest BCUT2D eigenvalue weighted by Crippen LogP contribution is 2.31.